The topological polar surface area (TPSA) is 73.3 Å². The van der Waals surface area contributed by atoms with Crippen molar-refractivity contribution in [1.82, 2.24) is 15.3 Å². The Balaban J connectivity index is 1.58. The molecular formula is C24H19F2N3O3. The highest BCUT2D eigenvalue weighted by Crippen LogP contribution is 2.33. The maximum absolute atomic E-state index is 13.8. The number of aromatic nitrogens is 2. The van der Waals surface area contributed by atoms with Gasteiger partial charge in [-0.1, -0.05) is 6.07 Å². The van der Waals surface area contributed by atoms with Gasteiger partial charge in [0.2, 0.25) is 0 Å². The molecule has 4 rings (SSSR count). The molecule has 2 aromatic heterocycles. The predicted molar refractivity (Wildman–Crippen MR) is 115 cm³/mol. The second-order valence-electron chi connectivity index (χ2n) is 6.99. The van der Waals surface area contributed by atoms with E-state index in [2.05, 4.69) is 15.3 Å². The van der Waals surface area contributed by atoms with E-state index in [1.54, 1.807) is 50.6 Å². The molecule has 0 saturated heterocycles. The summed E-state index contributed by atoms with van der Waals surface area (Å²) >= 11 is 0. The van der Waals surface area contributed by atoms with E-state index in [4.69, 9.17) is 9.47 Å². The van der Waals surface area contributed by atoms with Crippen LogP contribution in [0.1, 0.15) is 21.5 Å². The lowest BCUT2D eigenvalue weighted by atomic mass is 10.1. The molecule has 162 valence electrons. The van der Waals surface area contributed by atoms with Gasteiger partial charge in [0.1, 0.15) is 28.9 Å². The van der Waals surface area contributed by atoms with E-state index in [-0.39, 0.29) is 12.1 Å². The van der Waals surface area contributed by atoms with Crippen molar-refractivity contribution in [3.8, 4) is 17.2 Å². The first-order chi connectivity index (χ1) is 15.5. The summed E-state index contributed by atoms with van der Waals surface area (Å²) in [7, 11) is 1.58. The molecule has 0 aliphatic carbocycles. The lowest BCUT2D eigenvalue weighted by molar-refractivity contribution is 0.0949. The van der Waals surface area contributed by atoms with Crippen LogP contribution in [0.5, 0.6) is 17.2 Å². The van der Waals surface area contributed by atoms with E-state index in [1.807, 2.05) is 12.1 Å². The third kappa shape index (κ3) is 4.20. The molecule has 0 saturated carbocycles. The number of amides is 1. The van der Waals surface area contributed by atoms with Gasteiger partial charge in [-0.15, -0.1) is 0 Å². The summed E-state index contributed by atoms with van der Waals surface area (Å²) in [5.41, 5.74) is 1.36. The third-order valence-corrected chi connectivity index (χ3v) is 5.04. The molecule has 0 spiro atoms. The van der Waals surface area contributed by atoms with Crippen molar-refractivity contribution in [2.45, 2.75) is 13.5 Å². The van der Waals surface area contributed by atoms with Crippen LogP contribution in [-0.4, -0.2) is 23.0 Å². The number of carbonyl (C=O) groups excluding carboxylic acids is 1. The molecule has 2 heterocycles. The highest BCUT2D eigenvalue weighted by Gasteiger charge is 2.16. The molecule has 0 fully saturated rings. The summed E-state index contributed by atoms with van der Waals surface area (Å²) in [6.07, 6.45) is 3.43. The van der Waals surface area contributed by atoms with Gasteiger partial charge in [0.25, 0.3) is 5.91 Å². The van der Waals surface area contributed by atoms with Crippen LogP contribution in [0.25, 0.3) is 10.9 Å². The van der Waals surface area contributed by atoms with Crippen LogP contribution in [0.15, 0.2) is 61.1 Å². The summed E-state index contributed by atoms with van der Waals surface area (Å²) in [6, 6.07) is 12.2. The van der Waals surface area contributed by atoms with Crippen LogP contribution in [0.2, 0.25) is 0 Å². The summed E-state index contributed by atoms with van der Waals surface area (Å²) in [5, 5.41) is 3.33. The summed E-state index contributed by atoms with van der Waals surface area (Å²) in [4.78, 5) is 20.5. The van der Waals surface area contributed by atoms with E-state index in [0.717, 1.165) is 17.8 Å². The summed E-state index contributed by atoms with van der Waals surface area (Å²) in [6.45, 7) is 1.44. The number of benzene rings is 2. The number of nitrogens with zero attached hydrogens (tertiary/aromatic N) is 2. The zero-order valence-corrected chi connectivity index (χ0v) is 17.4. The fraction of sp³-hybridized carbons (Fsp3) is 0.125. The minimum Gasteiger partial charge on any atom is -0.497 e. The molecule has 4 aromatic rings. The van der Waals surface area contributed by atoms with E-state index in [0.29, 0.717) is 33.9 Å². The van der Waals surface area contributed by atoms with Crippen molar-refractivity contribution in [3.63, 3.8) is 0 Å². The number of nitrogens with one attached hydrogen (secondary N) is 1. The van der Waals surface area contributed by atoms with Gasteiger partial charge >= 0.3 is 0 Å². The van der Waals surface area contributed by atoms with Crippen LogP contribution in [0.4, 0.5) is 8.78 Å². The molecule has 8 heteroatoms. The Morgan fingerprint density at radius 2 is 1.84 bits per heavy atom. The van der Waals surface area contributed by atoms with E-state index in [1.165, 1.54) is 0 Å². The van der Waals surface area contributed by atoms with Crippen molar-refractivity contribution in [2.75, 3.05) is 7.11 Å². The van der Waals surface area contributed by atoms with Gasteiger partial charge in [0.05, 0.1) is 25.0 Å². The Morgan fingerprint density at radius 3 is 2.59 bits per heavy atom. The van der Waals surface area contributed by atoms with Crippen LogP contribution < -0.4 is 14.8 Å². The van der Waals surface area contributed by atoms with Gasteiger partial charge in [-0.05, 0) is 37.3 Å². The van der Waals surface area contributed by atoms with Crippen LogP contribution >= 0.6 is 0 Å². The first kappa shape index (κ1) is 21.2. The highest BCUT2D eigenvalue weighted by atomic mass is 19.1. The molecule has 1 amide bonds. The number of hydrogen-bond acceptors (Lipinski definition) is 5. The van der Waals surface area contributed by atoms with Crippen molar-refractivity contribution < 1.29 is 23.0 Å². The largest absolute Gasteiger partial charge is 0.497 e. The number of methoxy groups -OCH3 is 1. The van der Waals surface area contributed by atoms with Crippen molar-refractivity contribution in [3.05, 3.63) is 89.4 Å². The van der Waals surface area contributed by atoms with Crippen molar-refractivity contribution in [2.24, 2.45) is 0 Å². The van der Waals surface area contributed by atoms with E-state index < -0.39 is 17.5 Å². The Hall–Kier alpha value is -4.07. The molecule has 32 heavy (non-hydrogen) atoms. The van der Waals surface area contributed by atoms with Gasteiger partial charge < -0.3 is 14.8 Å². The SMILES string of the molecule is COc1ccc2c(Oc3cccc(C(=O)NCc4c(F)cncc4F)c3C)ccnc2c1. The Labute approximate surface area is 182 Å². The molecular weight excluding hydrogens is 416 g/mol. The van der Waals surface area contributed by atoms with Gasteiger partial charge in [-0.2, -0.15) is 0 Å². The molecule has 0 atom stereocenters. The zero-order chi connectivity index (χ0) is 22.7. The third-order valence-electron chi connectivity index (χ3n) is 5.04. The maximum Gasteiger partial charge on any atom is 0.251 e. The average molecular weight is 435 g/mol. The van der Waals surface area contributed by atoms with Crippen molar-refractivity contribution in [1.29, 1.82) is 0 Å². The minimum absolute atomic E-state index is 0.253. The number of halogens is 2. The zero-order valence-electron chi connectivity index (χ0n) is 17.4. The normalized spacial score (nSPS) is 10.8. The van der Waals surface area contributed by atoms with Gasteiger partial charge in [0.15, 0.2) is 0 Å². The maximum atomic E-state index is 13.8. The monoisotopic (exact) mass is 435 g/mol. The number of ether oxygens (including phenoxy) is 2. The summed E-state index contributed by atoms with van der Waals surface area (Å²) < 4.78 is 38.9. The lowest BCUT2D eigenvalue weighted by Gasteiger charge is -2.14. The average Bonchev–Trinajstić information content (AvgIpc) is 2.79. The molecule has 2 aromatic carbocycles. The second kappa shape index (κ2) is 8.97. The predicted octanol–water partition coefficient (Wildman–Crippen LogP) is 4.95. The van der Waals surface area contributed by atoms with Crippen molar-refractivity contribution >= 4 is 16.8 Å². The van der Waals surface area contributed by atoms with Crippen LogP contribution in [0, 0.1) is 18.6 Å². The second-order valence-corrected chi connectivity index (χ2v) is 6.99. The fourth-order valence-corrected chi connectivity index (χ4v) is 3.28. The lowest BCUT2D eigenvalue weighted by Crippen LogP contribution is -2.25. The smallest absolute Gasteiger partial charge is 0.251 e. The van der Waals surface area contributed by atoms with E-state index >= 15 is 0 Å². The number of pyridine rings is 2. The number of fused-ring (bicyclic) bond motifs is 1. The summed E-state index contributed by atoms with van der Waals surface area (Å²) in [5.74, 6) is -0.394. The molecule has 0 aliphatic rings. The van der Waals surface area contributed by atoms with Gasteiger partial charge in [-0.25, -0.2) is 8.78 Å². The standard InChI is InChI=1S/C24H19F2N3O3/c1-14-16(24(30)29-11-18-19(25)12-27-13-20(18)26)4-3-5-22(14)32-23-8-9-28-21-10-15(31-2)6-7-17(21)23/h3-10,12-13H,11H2,1-2H3,(H,29,30). The number of hydrogen-bond donors (Lipinski definition) is 1. The molecule has 0 unspecified atom stereocenters. The molecule has 0 radical (unpaired) electrons. The molecule has 0 bridgehead atoms. The molecule has 1 N–H and O–H groups in total. The Kier molecular flexibility index (Phi) is 5.93. The fourth-order valence-electron chi connectivity index (χ4n) is 3.28. The minimum atomic E-state index is -0.819. The van der Waals surface area contributed by atoms with E-state index in [9.17, 15) is 13.6 Å². The van der Waals surface area contributed by atoms with Gasteiger partial charge in [-0.3, -0.25) is 14.8 Å². The molecule has 0 aliphatic heterocycles. The Morgan fingerprint density at radius 1 is 1.06 bits per heavy atom. The van der Waals surface area contributed by atoms with Gasteiger partial charge in [0, 0.05) is 40.9 Å². The Bertz CT molecular complexity index is 1290. The number of rotatable bonds is 6. The molecule has 6 nitrogen and oxygen atoms in total. The number of carbonyl (C=O) groups is 1. The van der Waals surface area contributed by atoms with Crippen LogP contribution in [-0.2, 0) is 6.54 Å². The first-order valence-electron chi connectivity index (χ1n) is 9.74. The first-order valence-corrected chi connectivity index (χ1v) is 9.74. The quantitative estimate of drug-likeness (QED) is 0.464. The van der Waals surface area contributed by atoms with Crippen LogP contribution in [0.3, 0.4) is 0 Å². The highest BCUT2D eigenvalue weighted by molar-refractivity contribution is 5.96.